The Morgan fingerprint density at radius 3 is 3.29 bits per heavy atom. The van der Waals surface area contributed by atoms with Gasteiger partial charge in [0, 0.05) is 22.7 Å². The van der Waals surface area contributed by atoms with Gasteiger partial charge in [-0.15, -0.1) is 0 Å². The van der Waals surface area contributed by atoms with E-state index in [2.05, 4.69) is 15.5 Å². The first-order valence-corrected chi connectivity index (χ1v) is 6.80. The molecule has 1 aromatic carbocycles. The number of nitrogens with one attached hydrogen (secondary N) is 2. The van der Waals surface area contributed by atoms with E-state index >= 15 is 0 Å². The van der Waals surface area contributed by atoms with Crippen LogP contribution in [0.3, 0.4) is 0 Å². The third-order valence-electron chi connectivity index (χ3n) is 2.97. The van der Waals surface area contributed by atoms with Crippen molar-refractivity contribution < 1.29 is 4.79 Å². The lowest BCUT2D eigenvalue weighted by Crippen LogP contribution is -2.34. The Balaban J connectivity index is 1.79. The van der Waals surface area contributed by atoms with Gasteiger partial charge in [-0.2, -0.15) is 16.9 Å². The van der Waals surface area contributed by atoms with E-state index < -0.39 is 0 Å². The Kier molecular flexibility index (Phi) is 2.76. The number of aromatic amines is 1. The monoisotopic (exact) mass is 247 g/mol. The Morgan fingerprint density at radius 1 is 1.53 bits per heavy atom. The van der Waals surface area contributed by atoms with Crippen LogP contribution in [0.15, 0.2) is 24.4 Å². The van der Waals surface area contributed by atoms with Crippen molar-refractivity contribution in [1.82, 2.24) is 15.5 Å². The van der Waals surface area contributed by atoms with Gasteiger partial charge in [0.25, 0.3) is 5.91 Å². The molecule has 1 aliphatic heterocycles. The topological polar surface area (TPSA) is 57.8 Å². The van der Waals surface area contributed by atoms with Crippen molar-refractivity contribution in [1.29, 1.82) is 0 Å². The first-order chi connectivity index (χ1) is 8.33. The molecule has 1 atom stereocenters. The highest BCUT2D eigenvalue weighted by molar-refractivity contribution is 7.99. The van der Waals surface area contributed by atoms with Gasteiger partial charge in [0.1, 0.15) is 0 Å². The quantitative estimate of drug-likeness (QED) is 0.850. The summed E-state index contributed by atoms with van der Waals surface area (Å²) in [5.74, 6) is 2.18. The molecule has 2 aromatic rings. The maximum atomic E-state index is 12.0. The predicted octanol–water partition coefficient (Wildman–Crippen LogP) is 1.80. The first-order valence-electron chi connectivity index (χ1n) is 5.65. The molecule has 4 nitrogen and oxygen atoms in total. The largest absolute Gasteiger partial charge is 0.348 e. The summed E-state index contributed by atoms with van der Waals surface area (Å²) in [6.07, 6.45) is 2.83. The van der Waals surface area contributed by atoms with Gasteiger partial charge >= 0.3 is 0 Å². The van der Waals surface area contributed by atoms with Gasteiger partial charge in [-0.1, -0.05) is 6.07 Å². The highest BCUT2D eigenvalue weighted by atomic mass is 32.2. The summed E-state index contributed by atoms with van der Waals surface area (Å²) < 4.78 is 0. The van der Waals surface area contributed by atoms with Crippen molar-refractivity contribution in [3.05, 3.63) is 30.0 Å². The SMILES string of the molecule is O=C(NC1CCSC1)c1ccc2cn[nH]c2c1. The molecule has 1 fully saturated rings. The fourth-order valence-electron chi connectivity index (χ4n) is 2.00. The Labute approximate surface area is 103 Å². The van der Waals surface area contributed by atoms with E-state index in [1.54, 1.807) is 6.20 Å². The number of carbonyl (C=O) groups excluding carboxylic acids is 1. The zero-order valence-corrected chi connectivity index (χ0v) is 10.1. The minimum atomic E-state index is 0.00833. The lowest BCUT2D eigenvalue weighted by molar-refractivity contribution is 0.0941. The summed E-state index contributed by atoms with van der Waals surface area (Å²) in [5, 5.41) is 10.9. The number of carbonyl (C=O) groups is 1. The van der Waals surface area contributed by atoms with Crippen LogP contribution in [-0.2, 0) is 0 Å². The van der Waals surface area contributed by atoms with Crippen LogP contribution in [-0.4, -0.2) is 33.7 Å². The molecule has 0 saturated carbocycles. The number of thioether (sulfide) groups is 1. The average Bonchev–Trinajstić information content (AvgIpc) is 2.97. The van der Waals surface area contributed by atoms with Crippen LogP contribution < -0.4 is 5.32 Å². The lowest BCUT2D eigenvalue weighted by Gasteiger charge is -2.11. The van der Waals surface area contributed by atoms with Crippen molar-refractivity contribution in [3.8, 4) is 0 Å². The number of fused-ring (bicyclic) bond motifs is 1. The van der Waals surface area contributed by atoms with E-state index in [-0.39, 0.29) is 5.91 Å². The molecule has 5 heteroatoms. The van der Waals surface area contributed by atoms with Crippen molar-refractivity contribution >= 4 is 28.6 Å². The molecule has 2 N–H and O–H groups in total. The second kappa shape index (κ2) is 4.41. The Morgan fingerprint density at radius 2 is 2.47 bits per heavy atom. The summed E-state index contributed by atoms with van der Waals surface area (Å²) in [4.78, 5) is 12.0. The minimum absolute atomic E-state index is 0.00833. The van der Waals surface area contributed by atoms with Crippen molar-refractivity contribution in [2.45, 2.75) is 12.5 Å². The molecule has 1 aliphatic rings. The predicted molar refractivity (Wildman–Crippen MR) is 69.3 cm³/mol. The van der Waals surface area contributed by atoms with Crippen LogP contribution in [0.4, 0.5) is 0 Å². The Bertz CT molecular complexity index is 545. The molecule has 0 aliphatic carbocycles. The zero-order valence-electron chi connectivity index (χ0n) is 9.27. The van der Waals surface area contributed by atoms with Gasteiger partial charge in [-0.05, 0) is 24.3 Å². The fraction of sp³-hybridized carbons (Fsp3) is 0.333. The maximum Gasteiger partial charge on any atom is 0.251 e. The van der Waals surface area contributed by atoms with E-state index in [1.807, 2.05) is 30.0 Å². The first kappa shape index (κ1) is 10.7. The van der Waals surface area contributed by atoms with Crippen LogP contribution >= 0.6 is 11.8 Å². The summed E-state index contributed by atoms with van der Waals surface area (Å²) in [6.45, 7) is 0. The summed E-state index contributed by atoms with van der Waals surface area (Å²) in [5.41, 5.74) is 1.59. The number of nitrogens with zero attached hydrogens (tertiary/aromatic N) is 1. The highest BCUT2D eigenvalue weighted by Gasteiger charge is 2.18. The van der Waals surface area contributed by atoms with Gasteiger partial charge in [0.05, 0.1) is 11.7 Å². The van der Waals surface area contributed by atoms with Crippen LogP contribution in [0.1, 0.15) is 16.8 Å². The van der Waals surface area contributed by atoms with E-state index in [4.69, 9.17) is 0 Å². The minimum Gasteiger partial charge on any atom is -0.348 e. The molecule has 1 saturated heterocycles. The van der Waals surface area contributed by atoms with Gasteiger partial charge in [0.2, 0.25) is 0 Å². The van der Waals surface area contributed by atoms with Crippen molar-refractivity contribution in [2.24, 2.45) is 0 Å². The number of amides is 1. The molecule has 1 amide bonds. The maximum absolute atomic E-state index is 12.0. The van der Waals surface area contributed by atoms with Crippen LogP contribution in [0.5, 0.6) is 0 Å². The number of H-pyrrole nitrogens is 1. The van der Waals surface area contributed by atoms with Gasteiger partial charge in [0.15, 0.2) is 0 Å². The van der Waals surface area contributed by atoms with Crippen LogP contribution in [0.25, 0.3) is 10.9 Å². The number of rotatable bonds is 2. The third kappa shape index (κ3) is 2.15. The molecule has 2 heterocycles. The number of hydrogen-bond acceptors (Lipinski definition) is 3. The van der Waals surface area contributed by atoms with Crippen LogP contribution in [0.2, 0.25) is 0 Å². The van der Waals surface area contributed by atoms with Crippen LogP contribution in [0, 0.1) is 0 Å². The number of benzene rings is 1. The van der Waals surface area contributed by atoms with Crippen molar-refractivity contribution in [3.63, 3.8) is 0 Å². The smallest absolute Gasteiger partial charge is 0.251 e. The number of aromatic nitrogens is 2. The average molecular weight is 247 g/mol. The Hall–Kier alpha value is -1.49. The second-order valence-electron chi connectivity index (χ2n) is 4.21. The third-order valence-corrected chi connectivity index (χ3v) is 4.13. The number of hydrogen-bond donors (Lipinski definition) is 2. The fourth-order valence-corrected chi connectivity index (χ4v) is 3.15. The normalized spacial score (nSPS) is 19.6. The molecule has 0 spiro atoms. The summed E-state index contributed by atoms with van der Waals surface area (Å²) in [7, 11) is 0. The molecular formula is C12H13N3OS. The van der Waals surface area contributed by atoms with E-state index in [9.17, 15) is 4.79 Å². The van der Waals surface area contributed by atoms with E-state index in [1.165, 1.54) is 0 Å². The molecule has 1 unspecified atom stereocenters. The standard InChI is InChI=1S/C12H13N3OS/c16-12(14-10-3-4-17-7-10)8-1-2-9-6-13-15-11(9)5-8/h1-2,5-6,10H,3-4,7H2,(H,13,15)(H,14,16). The molecule has 17 heavy (non-hydrogen) atoms. The summed E-state index contributed by atoms with van der Waals surface area (Å²) >= 11 is 1.89. The molecule has 0 bridgehead atoms. The van der Waals surface area contributed by atoms with E-state index in [0.29, 0.717) is 11.6 Å². The van der Waals surface area contributed by atoms with E-state index in [0.717, 1.165) is 28.8 Å². The van der Waals surface area contributed by atoms with Gasteiger partial charge in [-0.3, -0.25) is 9.89 Å². The lowest BCUT2D eigenvalue weighted by atomic mass is 10.1. The van der Waals surface area contributed by atoms with Gasteiger partial charge < -0.3 is 5.32 Å². The van der Waals surface area contributed by atoms with Crippen molar-refractivity contribution in [2.75, 3.05) is 11.5 Å². The molecule has 3 rings (SSSR count). The molecule has 1 aromatic heterocycles. The molecule has 88 valence electrons. The van der Waals surface area contributed by atoms with Gasteiger partial charge in [-0.25, -0.2) is 0 Å². The summed E-state index contributed by atoms with van der Waals surface area (Å²) in [6, 6.07) is 5.93. The molecule has 0 radical (unpaired) electrons. The highest BCUT2D eigenvalue weighted by Crippen LogP contribution is 2.18. The second-order valence-corrected chi connectivity index (χ2v) is 5.36. The molecular weight excluding hydrogens is 234 g/mol. The zero-order chi connectivity index (χ0) is 11.7.